The molecule has 2 rings (SSSR count). The number of hydrogen-bond donors (Lipinski definition) is 1. The molecule has 118 valence electrons. The Hall–Kier alpha value is -2.19. The summed E-state index contributed by atoms with van der Waals surface area (Å²) in [6.07, 6.45) is 2.13. The molecule has 9 heteroatoms. The molecule has 1 amide bonds. The van der Waals surface area contributed by atoms with Crippen molar-refractivity contribution in [3.05, 3.63) is 29.0 Å². The van der Waals surface area contributed by atoms with Crippen LogP contribution in [0.25, 0.3) is 5.69 Å². The summed E-state index contributed by atoms with van der Waals surface area (Å²) in [7, 11) is 3.09. The Morgan fingerprint density at radius 1 is 1.41 bits per heavy atom. The van der Waals surface area contributed by atoms with Crippen LogP contribution in [0.5, 0.6) is 5.75 Å². The number of nitrogens with one attached hydrogen (secondary N) is 1. The fourth-order valence-electron chi connectivity index (χ4n) is 1.85. The van der Waals surface area contributed by atoms with Gasteiger partial charge < -0.3 is 14.8 Å². The van der Waals surface area contributed by atoms with Crippen LogP contribution in [0.2, 0.25) is 5.02 Å². The molecule has 0 aliphatic carbocycles. The third kappa shape index (κ3) is 3.71. The predicted molar refractivity (Wildman–Crippen MR) is 79.5 cm³/mol. The molecule has 0 atom stereocenters. The molecular weight excluding hydrogens is 310 g/mol. The number of ether oxygens (including phenoxy) is 2. The average molecular weight is 326 g/mol. The van der Waals surface area contributed by atoms with Crippen LogP contribution in [0.3, 0.4) is 0 Å². The van der Waals surface area contributed by atoms with Crippen molar-refractivity contribution in [1.82, 2.24) is 25.5 Å². The summed E-state index contributed by atoms with van der Waals surface area (Å²) in [6, 6.07) is 3.14. The molecule has 0 radical (unpaired) electrons. The molecule has 0 bridgehead atoms. The molecule has 0 spiro atoms. The van der Waals surface area contributed by atoms with Crippen LogP contribution in [0.4, 0.5) is 0 Å². The van der Waals surface area contributed by atoms with E-state index in [1.165, 1.54) is 24.2 Å². The van der Waals surface area contributed by atoms with Crippen molar-refractivity contribution < 1.29 is 14.3 Å². The Morgan fingerprint density at radius 2 is 2.23 bits per heavy atom. The summed E-state index contributed by atoms with van der Waals surface area (Å²) in [5, 5.41) is 14.0. The Labute approximate surface area is 132 Å². The fraction of sp³-hybridized carbons (Fsp3) is 0.385. The molecule has 0 aliphatic heterocycles. The first-order valence-corrected chi connectivity index (χ1v) is 6.93. The monoisotopic (exact) mass is 325 g/mol. The third-order valence-electron chi connectivity index (χ3n) is 2.92. The van der Waals surface area contributed by atoms with E-state index in [-0.39, 0.29) is 5.91 Å². The number of carbonyl (C=O) groups excluding carboxylic acids is 1. The van der Waals surface area contributed by atoms with Gasteiger partial charge in [0.2, 0.25) is 0 Å². The number of halogens is 1. The van der Waals surface area contributed by atoms with Crippen molar-refractivity contribution in [2.45, 2.75) is 6.42 Å². The van der Waals surface area contributed by atoms with Gasteiger partial charge in [0.05, 0.1) is 23.4 Å². The van der Waals surface area contributed by atoms with Gasteiger partial charge in [-0.3, -0.25) is 4.79 Å². The normalized spacial score (nSPS) is 10.5. The molecule has 0 fully saturated rings. The van der Waals surface area contributed by atoms with Crippen LogP contribution >= 0.6 is 11.6 Å². The Kier molecular flexibility index (Phi) is 5.68. The predicted octanol–water partition coefficient (Wildman–Crippen LogP) is 1.09. The lowest BCUT2D eigenvalue weighted by Gasteiger charge is -2.12. The van der Waals surface area contributed by atoms with Crippen LogP contribution < -0.4 is 10.1 Å². The minimum absolute atomic E-state index is 0.266. The van der Waals surface area contributed by atoms with E-state index in [1.807, 2.05) is 0 Å². The van der Waals surface area contributed by atoms with Gasteiger partial charge in [-0.2, -0.15) is 4.68 Å². The van der Waals surface area contributed by atoms with Gasteiger partial charge in [-0.05, 0) is 22.9 Å². The van der Waals surface area contributed by atoms with Gasteiger partial charge in [0.15, 0.2) is 0 Å². The Bertz CT molecular complexity index is 633. The highest BCUT2D eigenvalue weighted by molar-refractivity contribution is 6.33. The highest BCUT2D eigenvalue weighted by Crippen LogP contribution is 2.29. The fourth-order valence-corrected chi connectivity index (χ4v) is 2.10. The second-order valence-electron chi connectivity index (χ2n) is 4.36. The second-order valence-corrected chi connectivity index (χ2v) is 4.77. The van der Waals surface area contributed by atoms with Crippen LogP contribution in [-0.4, -0.2) is 53.5 Å². The van der Waals surface area contributed by atoms with Crippen LogP contribution in [0.15, 0.2) is 18.5 Å². The molecule has 1 heterocycles. The Balaban J connectivity index is 2.21. The number of methoxy groups -OCH3 is 2. The standard InChI is InChI=1S/C13H16ClN5O3/c1-21-5-3-4-15-13(20)9-6-10(14)11(7-12(9)22-2)19-8-16-17-18-19/h6-8H,3-5H2,1-2H3,(H,15,20). The van der Waals surface area contributed by atoms with Crippen molar-refractivity contribution in [3.8, 4) is 11.4 Å². The number of tetrazole rings is 1. The zero-order valence-corrected chi connectivity index (χ0v) is 13.0. The molecule has 1 aromatic heterocycles. The molecule has 1 aromatic carbocycles. The van der Waals surface area contributed by atoms with E-state index < -0.39 is 0 Å². The lowest BCUT2D eigenvalue weighted by molar-refractivity contribution is 0.0945. The molecule has 0 aliphatic rings. The number of benzene rings is 1. The van der Waals surface area contributed by atoms with E-state index in [0.717, 1.165) is 6.42 Å². The lowest BCUT2D eigenvalue weighted by atomic mass is 10.1. The minimum Gasteiger partial charge on any atom is -0.496 e. The maximum atomic E-state index is 12.2. The summed E-state index contributed by atoms with van der Waals surface area (Å²) < 4.78 is 11.6. The van der Waals surface area contributed by atoms with Crippen molar-refractivity contribution in [2.24, 2.45) is 0 Å². The van der Waals surface area contributed by atoms with Crippen LogP contribution in [-0.2, 0) is 4.74 Å². The zero-order chi connectivity index (χ0) is 15.9. The van der Waals surface area contributed by atoms with Gasteiger partial charge in [0.25, 0.3) is 5.91 Å². The van der Waals surface area contributed by atoms with Gasteiger partial charge in [-0.25, -0.2) is 0 Å². The maximum absolute atomic E-state index is 12.2. The van der Waals surface area contributed by atoms with E-state index in [2.05, 4.69) is 20.8 Å². The molecular formula is C13H16ClN5O3. The van der Waals surface area contributed by atoms with Gasteiger partial charge >= 0.3 is 0 Å². The molecule has 22 heavy (non-hydrogen) atoms. The molecule has 1 N–H and O–H groups in total. The van der Waals surface area contributed by atoms with E-state index in [0.29, 0.717) is 35.2 Å². The van der Waals surface area contributed by atoms with E-state index in [1.54, 1.807) is 13.2 Å². The van der Waals surface area contributed by atoms with Crippen LogP contribution in [0.1, 0.15) is 16.8 Å². The van der Waals surface area contributed by atoms with E-state index in [9.17, 15) is 4.79 Å². The first-order valence-electron chi connectivity index (χ1n) is 6.55. The van der Waals surface area contributed by atoms with Gasteiger partial charge in [-0.1, -0.05) is 11.6 Å². The van der Waals surface area contributed by atoms with Crippen LogP contribution in [0, 0.1) is 0 Å². The number of rotatable bonds is 7. The number of nitrogens with zero attached hydrogens (tertiary/aromatic N) is 4. The molecule has 0 unspecified atom stereocenters. The van der Waals surface area contributed by atoms with Crippen molar-refractivity contribution in [2.75, 3.05) is 27.4 Å². The summed E-state index contributed by atoms with van der Waals surface area (Å²) in [6.45, 7) is 1.08. The second kappa shape index (κ2) is 7.71. The molecule has 0 saturated heterocycles. The first kappa shape index (κ1) is 16.2. The summed E-state index contributed by atoms with van der Waals surface area (Å²) in [5.41, 5.74) is 0.876. The minimum atomic E-state index is -0.266. The van der Waals surface area contributed by atoms with Crippen molar-refractivity contribution >= 4 is 17.5 Å². The number of carbonyl (C=O) groups is 1. The largest absolute Gasteiger partial charge is 0.496 e. The highest BCUT2D eigenvalue weighted by atomic mass is 35.5. The average Bonchev–Trinajstić information content (AvgIpc) is 3.05. The lowest BCUT2D eigenvalue weighted by Crippen LogP contribution is -2.25. The van der Waals surface area contributed by atoms with Gasteiger partial charge in [0, 0.05) is 26.3 Å². The molecule has 8 nitrogen and oxygen atoms in total. The quantitative estimate of drug-likeness (QED) is 0.766. The van der Waals surface area contributed by atoms with Gasteiger partial charge in [0.1, 0.15) is 12.1 Å². The molecule has 2 aromatic rings. The van der Waals surface area contributed by atoms with Crippen molar-refractivity contribution in [3.63, 3.8) is 0 Å². The number of aromatic nitrogens is 4. The maximum Gasteiger partial charge on any atom is 0.255 e. The van der Waals surface area contributed by atoms with Gasteiger partial charge in [-0.15, -0.1) is 5.10 Å². The number of hydrogen-bond acceptors (Lipinski definition) is 6. The zero-order valence-electron chi connectivity index (χ0n) is 12.2. The van der Waals surface area contributed by atoms with E-state index in [4.69, 9.17) is 21.1 Å². The summed E-state index contributed by atoms with van der Waals surface area (Å²) in [5.74, 6) is 0.122. The summed E-state index contributed by atoms with van der Waals surface area (Å²) >= 11 is 6.21. The van der Waals surface area contributed by atoms with Crippen molar-refractivity contribution in [1.29, 1.82) is 0 Å². The topological polar surface area (TPSA) is 91.2 Å². The van der Waals surface area contributed by atoms with E-state index >= 15 is 0 Å². The first-order chi connectivity index (χ1) is 10.7. The Morgan fingerprint density at radius 3 is 2.86 bits per heavy atom. The third-order valence-corrected chi connectivity index (χ3v) is 3.22. The molecule has 0 saturated carbocycles. The SMILES string of the molecule is COCCCNC(=O)c1cc(Cl)c(-n2cnnn2)cc1OC. The number of amides is 1. The smallest absolute Gasteiger partial charge is 0.255 e. The highest BCUT2D eigenvalue weighted by Gasteiger charge is 2.17. The summed E-state index contributed by atoms with van der Waals surface area (Å²) in [4.78, 5) is 12.2.